The third kappa shape index (κ3) is 2.98. The molecule has 0 aliphatic carbocycles. The predicted molar refractivity (Wildman–Crippen MR) is 93.3 cm³/mol. The Morgan fingerprint density at radius 1 is 1.29 bits per heavy atom. The fraction of sp³-hybridized carbons (Fsp3) is 0.133. The van der Waals surface area contributed by atoms with E-state index in [1.165, 1.54) is 17.7 Å². The standard InChI is InChI=1S/C15H10Cl2N2O4S/c1-19-13-7(12(20)18-15(19)22)5-11(24-13)14(21)23-6-8-9(16)3-2-4-10(8)17/h2-5H,6H2,1H3,(H,18,20,22). The fourth-order valence-electron chi connectivity index (χ4n) is 2.11. The first-order valence-corrected chi connectivity index (χ1v) is 8.28. The quantitative estimate of drug-likeness (QED) is 0.703. The van der Waals surface area contributed by atoms with E-state index in [4.69, 9.17) is 27.9 Å². The molecule has 0 fully saturated rings. The van der Waals surface area contributed by atoms with E-state index < -0.39 is 17.2 Å². The van der Waals surface area contributed by atoms with Gasteiger partial charge in [0.15, 0.2) is 0 Å². The van der Waals surface area contributed by atoms with Gasteiger partial charge in [0.25, 0.3) is 5.56 Å². The van der Waals surface area contributed by atoms with Crippen molar-refractivity contribution in [3.63, 3.8) is 0 Å². The molecule has 3 aromatic rings. The van der Waals surface area contributed by atoms with Crippen LogP contribution in [0.3, 0.4) is 0 Å². The molecule has 0 amide bonds. The molecular formula is C15H10Cl2N2O4S. The zero-order valence-corrected chi connectivity index (χ0v) is 14.6. The van der Waals surface area contributed by atoms with Crippen molar-refractivity contribution in [2.75, 3.05) is 0 Å². The number of hydrogen-bond acceptors (Lipinski definition) is 5. The Bertz CT molecular complexity index is 1050. The van der Waals surface area contributed by atoms with E-state index in [-0.39, 0.29) is 16.9 Å². The van der Waals surface area contributed by atoms with Gasteiger partial charge in [0.1, 0.15) is 16.3 Å². The summed E-state index contributed by atoms with van der Waals surface area (Å²) in [7, 11) is 1.51. The fourth-order valence-corrected chi connectivity index (χ4v) is 3.63. The van der Waals surface area contributed by atoms with Crippen LogP contribution in [0.4, 0.5) is 0 Å². The number of benzene rings is 1. The summed E-state index contributed by atoms with van der Waals surface area (Å²) in [5, 5.41) is 1.04. The van der Waals surface area contributed by atoms with Gasteiger partial charge in [0.05, 0.1) is 5.39 Å². The van der Waals surface area contributed by atoms with Crippen molar-refractivity contribution in [1.82, 2.24) is 9.55 Å². The molecule has 2 aromatic heterocycles. The van der Waals surface area contributed by atoms with Gasteiger partial charge in [0.2, 0.25) is 0 Å². The van der Waals surface area contributed by atoms with Gasteiger partial charge in [-0.1, -0.05) is 29.3 Å². The Morgan fingerprint density at radius 3 is 2.62 bits per heavy atom. The zero-order valence-electron chi connectivity index (χ0n) is 12.3. The van der Waals surface area contributed by atoms with Gasteiger partial charge in [0, 0.05) is 22.7 Å². The number of fused-ring (bicyclic) bond motifs is 1. The summed E-state index contributed by atoms with van der Waals surface area (Å²) >= 11 is 13.1. The first kappa shape index (κ1) is 16.8. The highest BCUT2D eigenvalue weighted by Gasteiger charge is 2.17. The lowest BCUT2D eigenvalue weighted by molar-refractivity contribution is 0.0479. The first-order valence-electron chi connectivity index (χ1n) is 6.71. The van der Waals surface area contributed by atoms with Crippen molar-refractivity contribution in [2.45, 2.75) is 6.61 Å². The molecule has 2 heterocycles. The Hall–Kier alpha value is -2.09. The number of nitrogens with zero attached hydrogens (tertiary/aromatic N) is 1. The van der Waals surface area contributed by atoms with E-state index >= 15 is 0 Å². The van der Waals surface area contributed by atoms with Crippen LogP contribution in [0.5, 0.6) is 0 Å². The zero-order chi connectivity index (χ0) is 17.4. The summed E-state index contributed by atoms with van der Waals surface area (Å²) < 4.78 is 6.49. The number of rotatable bonds is 3. The van der Waals surface area contributed by atoms with Gasteiger partial charge in [-0.3, -0.25) is 14.3 Å². The molecule has 3 rings (SSSR count). The minimum atomic E-state index is -0.626. The lowest BCUT2D eigenvalue weighted by atomic mass is 10.2. The molecule has 9 heteroatoms. The maximum atomic E-state index is 12.2. The van der Waals surface area contributed by atoms with Crippen LogP contribution in [0.15, 0.2) is 33.9 Å². The highest BCUT2D eigenvalue weighted by molar-refractivity contribution is 7.20. The second-order valence-corrected chi connectivity index (χ2v) is 6.77. The van der Waals surface area contributed by atoms with E-state index in [9.17, 15) is 14.4 Å². The van der Waals surface area contributed by atoms with Gasteiger partial charge < -0.3 is 4.74 Å². The number of aryl methyl sites for hydroxylation is 1. The molecule has 1 aromatic carbocycles. The topological polar surface area (TPSA) is 81.2 Å². The lowest BCUT2D eigenvalue weighted by Crippen LogP contribution is -2.27. The van der Waals surface area contributed by atoms with Crippen LogP contribution in [-0.4, -0.2) is 15.5 Å². The van der Waals surface area contributed by atoms with Gasteiger partial charge in [-0.2, -0.15) is 0 Å². The summed E-state index contributed by atoms with van der Waals surface area (Å²) in [6.07, 6.45) is 0. The van der Waals surface area contributed by atoms with E-state index in [2.05, 4.69) is 4.98 Å². The molecule has 24 heavy (non-hydrogen) atoms. The number of thiophene rings is 1. The monoisotopic (exact) mass is 384 g/mol. The number of ether oxygens (including phenoxy) is 1. The summed E-state index contributed by atoms with van der Waals surface area (Å²) in [6.45, 7) is -0.0964. The average molecular weight is 385 g/mol. The highest BCUT2D eigenvalue weighted by Crippen LogP contribution is 2.26. The maximum Gasteiger partial charge on any atom is 0.348 e. The molecule has 6 nitrogen and oxygen atoms in total. The number of aromatic nitrogens is 2. The lowest BCUT2D eigenvalue weighted by Gasteiger charge is -2.07. The van der Waals surface area contributed by atoms with E-state index in [0.29, 0.717) is 20.4 Å². The van der Waals surface area contributed by atoms with Crippen molar-refractivity contribution in [3.05, 3.63) is 65.6 Å². The third-order valence-corrected chi connectivity index (χ3v) is 5.30. The van der Waals surface area contributed by atoms with E-state index in [1.54, 1.807) is 18.2 Å². The van der Waals surface area contributed by atoms with Crippen molar-refractivity contribution >= 4 is 50.7 Å². The third-order valence-electron chi connectivity index (χ3n) is 3.40. The van der Waals surface area contributed by atoms with Gasteiger partial charge >= 0.3 is 11.7 Å². The number of nitrogens with one attached hydrogen (secondary N) is 1. The number of H-pyrrole nitrogens is 1. The SMILES string of the molecule is Cn1c(=O)[nH]c(=O)c2cc(C(=O)OCc3c(Cl)cccc3Cl)sc21. The number of carbonyl (C=O) groups is 1. The molecule has 0 bridgehead atoms. The number of halogens is 2. The van der Waals surface area contributed by atoms with E-state index in [1.807, 2.05) is 0 Å². The Morgan fingerprint density at radius 2 is 1.96 bits per heavy atom. The smallest absolute Gasteiger partial charge is 0.348 e. The highest BCUT2D eigenvalue weighted by atomic mass is 35.5. The van der Waals surface area contributed by atoms with Crippen molar-refractivity contribution < 1.29 is 9.53 Å². The Kier molecular flexibility index (Phi) is 4.49. The van der Waals surface area contributed by atoms with Gasteiger partial charge in [-0.25, -0.2) is 9.59 Å². The molecule has 0 atom stereocenters. The molecule has 124 valence electrons. The van der Waals surface area contributed by atoms with Crippen molar-refractivity contribution in [2.24, 2.45) is 7.05 Å². The van der Waals surface area contributed by atoms with Crippen molar-refractivity contribution in [3.8, 4) is 0 Å². The first-order chi connectivity index (χ1) is 11.4. The minimum Gasteiger partial charge on any atom is -0.457 e. The van der Waals surface area contributed by atoms with Gasteiger partial charge in [-0.05, 0) is 18.2 Å². The largest absolute Gasteiger partial charge is 0.457 e. The summed E-state index contributed by atoms with van der Waals surface area (Å²) in [5.74, 6) is -0.626. The number of esters is 1. The molecule has 0 aliphatic rings. The minimum absolute atomic E-state index is 0.0964. The molecular weight excluding hydrogens is 375 g/mol. The summed E-state index contributed by atoms with van der Waals surface area (Å²) in [4.78, 5) is 38.4. The van der Waals surface area contributed by atoms with Crippen molar-refractivity contribution in [1.29, 1.82) is 0 Å². The second-order valence-electron chi connectivity index (χ2n) is 4.92. The molecule has 0 radical (unpaired) electrons. The number of aromatic amines is 1. The van der Waals surface area contributed by atoms with Crippen LogP contribution in [0.1, 0.15) is 15.2 Å². The van der Waals surface area contributed by atoms with Crippen LogP contribution in [-0.2, 0) is 18.4 Å². The molecule has 1 N–H and O–H groups in total. The molecule has 0 spiro atoms. The molecule has 0 aliphatic heterocycles. The number of hydrogen-bond donors (Lipinski definition) is 1. The Labute approximate surface area is 149 Å². The maximum absolute atomic E-state index is 12.2. The average Bonchev–Trinajstić information content (AvgIpc) is 2.98. The molecule has 0 unspecified atom stereocenters. The normalized spacial score (nSPS) is 11.0. The van der Waals surface area contributed by atoms with Crippen LogP contribution < -0.4 is 11.2 Å². The summed E-state index contributed by atoms with van der Waals surface area (Å²) in [5.41, 5.74) is -0.588. The van der Waals surface area contributed by atoms with Crippen LogP contribution in [0, 0.1) is 0 Å². The predicted octanol–water partition coefficient (Wildman–Crippen LogP) is 2.95. The van der Waals surface area contributed by atoms with E-state index in [0.717, 1.165) is 11.3 Å². The second kappa shape index (κ2) is 6.43. The van der Waals surface area contributed by atoms with Crippen LogP contribution in [0.25, 0.3) is 10.2 Å². The Balaban J connectivity index is 1.90. The molecule has 0 saturated heterocycles. The molecule has 0 saturated carbocycles. The summed E-state index contributed by atoms with van der Waals surface area (Å²) in [6, 6.07) is 6.38. The van der Waals surface area contributed by atoms with Gasteiger partial charge in [-0.15, -0.1) is 11.3 Å². The van der Waals surface area contributed by atoms with Crippen LogP contribution in [0.2, 0.25) is 10.0 Å². The number of carbonyl (C=O) groups excluding carboxylic acids is 1. The van der Waals surface area contributed by atoms with Crippen LogP contribution >= 0.6 is 34.5 Å².